The molecule has 7 rings (SSSR count). The Hall–Kier alpha value is -6.29. The van der Waals surface area contributed by atoms with Gasteiger partial charge in [0.2, 0.25) is 0 Å². The standard InChI is InChI=1S/C22H14O6.C16H17N3O.CH4/c1-11(23)12-2-5-16-15(8-12)21(26)28-22(16)17-6-3-13(24)9-19(17)27-20-10-14(25)4-7-18(20)22;1-12(20)13-4-6-14(7-5-13)17-18-15-8-10-16(11-9-15)19(2)3;/h2-10,24-25H,1H3;4-11H,1-3H3;1H4. The molecule has 0 unspecified atom stereocenters. The number of fused-ring (bicyclic) bond motifs is 6. The molecule has 248 valence electrons. The molecule has 0 atom stereocenters. The third-order valence-electron chi connectivity index (χ3n) is 8.10. The molecule has 0 amide bonds. The van der Waals surface area contributed by atoms with Gasteiger partial charge in [0.1, 0.15) is 23.0 Å². The predicted octanol–water partition coefficient (Wildman–Crippen LogP) is 8.88. The van der Waals surface area contributed by atoms with Crippen molar-refractivity contribution >= 4 is 34.6 Å². The summed E-state index contributed by atoms with van der Waals surface area (Å²) >= 11 is 0. The molecule has 2 N–H and O–H groups in total. The van der Waals surface area contributed by atoms with Crippen molar-refractivity contribution in [3.8, 4) is 23.0 Å². The largest absolute Gasteiger partial charge is 0.508 e. The van der Waals surface area contributed by atoms with E-state index < -0.39 is 11.6 Å². The number of aromatic hydroxyl groups is 2. The zero-order chi connectivity index (χ0) is 34.2. The van der Waals surface area contributed by atoms with E-state index in [2.05, 4.69) is 10.2 Å². The van der Waals surface area contributed by atoms with Crippen LogP contribution in [-0.2, 0) is 10.3 Å². The average molecular weight is 658 g/mol. The minimum Gasteiger partial charge on any atom is -0.508 e. The van der Waals surface area contributed by atoms with E-state index in [1.165, 1.54) is 37.3 Å². The highest BCUT2D eigenvalue weighted by molar-refractivity contribution is 6.01. The Morgan fingerprint density at radius 2 is 1.12 bits per heavy atom. The van der Waals surface area contributed by atoms with Crippen molar-refractivity contribution < 1.29 is 34.1 Å². The van der Waals surface area contributed by atoms with Crippen LogP contribution in [0.3, 0.4) is 0 Å². The van der Waals surface area contributed by atoms with E-state index >= 15 is 0 Å². The number of benzene rings is 5. The number of esters is 1. The summed E-state index contributed by atoms with van der Waals surface area (Å²) in [6.07, 6.45) is 0. The van der Waals surface area contributed by atoms with Crippen LogP contribution in [0.2, 0.25) is 0 Å². The number of anilines is 1. The van der Waals surface area contributed by atoms with E-state index in [4.69, 9.17) is 9.47 Å². The number of nitrogens with zero attached hydrogens (tertiary/aromatic N) is 3. The number of rotatable bonds is 5. The van der Waals surface area contributed by atoms with Crippen molar-refractivity contribution in [3.63, 3.8) is 0 Å². The van der Waals surface area contributed by atoms with Crippen LogP contribution >= 0.6 is 0 Å². The maximum Gasteiger partial charge on any atom is 0.340 e. The lowest BCUT2D eigenvalue weighted by Crippen LogP contribution is -2.32. The Morgan fingerprint density at radius 3 is 1.61 bits per heavy atom. The van der Waals surface area contributed by atoms with Crippen LogP contribution in [-0.4, -0.2) is 41.8 Å². The molecule has 5 aromatic carbocycles. The van der Waals surface area contributed by atoms with Gasteiger partial charge in [-0.05, 0) is 92.7 Å². The molecule has 2 aliphatic heterocycles. The third kappa shape index (κ3) is 6.48. The number of carbonyl (C=O) groups is 3. The van der Waals surface area contributed by atoms with Gasteiger partial charge in [-0.15, -0.1) is 0 Å². The highest BCUT2D eigenvalue weighted by Gasteiger charge is 2.53. The minimum atomic E-state index is -1.30. The average Bonchev–Trinajstić information content (AvgIpc) is 3.35. The highest BCUT2D eigenvalue weighted by Crippen LogP contribution is 2.57. The fourth-order valence-electron chi connectivity index (χ4n) is 5.62. The molecular weight excluding hydrogens is 622 g/mol. The number of Topliss-reactive ketones (excluding diaryl/α,β-unsaturated/α-hetero) is 2. The van der Waals surface area contributed by atoms with E-state index in [0.717, 1.165) is 17.1 Å². The lowest BCUT2D eigenvalue weighted by atomic mass is 9.77. The van der Waals surface area contributed by atoms with E-state index in [-0.39, 0.29) is 30.5 Å². The molecule has 2 heterocycles. The van der Waals surface area contributed by atoms with Crippen LogP contribution < -0.4 is 9.64 Å². The fourth-order valence-corrected chi connectivity index (χ4v) is 5.62. The van der Waals surface area contributed by atoms with E-state index in [1.54, 1.807) is 55.5 Å². The van der Waals surface area contributed by atoms with Gasteiger partial charge in [-0.25, -0.2) is 4.79 Å². The number of ether oxygens (including phenoxy) is 2. The van der Waals surface area contributed by atoms with E-state index in [1.807, 2.05) is 43.3 Å². The number of hydrogen-bond acceptors (Lipinski definition) is 10. The topological polar surface area (TPSA) is 138 Å². The second-order valence-corrected chi connectivity index (χ2v) is 11.6. The number of azo groups is 1. The molecule has 49 heavy (non-hydrogen) atoms. The molecule has 10 heteroatoms. The first kappa shape index (κ1) is 34.1. The molecule has 5 aromatic rings. The molecule has 0 radical (unpaired) electrons. The number of phenolic OH excluding ortho intramolecular Hbond substituents is 2. The molecule has 0 bridgehead atoms. The monoisotopic (exact) mass is 657 g/mol. The highest BCUT2D eigenvalue weighted by atomic mass is 16.6. The maximum atomic E-state index is 12.8. The SMILES string of the molecule is C.CC(=O)c1ccc(N=Nc2ccc(N(C)C)cc2)cc1.CC(=O)c1ccc2c(c1)C(=O)OC21c2ccc(O)cc2Oc2cc(O)ccc21. The van der Waals surface area contributed by atoms with Crippen LogP contribution in [0.5, 0.6) is 23.0 Å². The molecule has 0 saturated heterocycles. The molecule has 1 spiro atoms. The van der Waals surface area contributed by atoms with Gasteiger partial charge in [0, 0.05) is 59.7 Å². The first-order valence-corrected chi connectivity index (χ1v) is 15.0. The van der Waals surface area contributed by atoms with Gasteiger partial charge in [0.05, 0.1) is 16.9 Å². The molecule has 2 aliphatic rings. The molecule has 0 fully saturated rings. The van der Waals surface area contributed by atoms with Gasteiger partial charge in [-0.1, -0.05) is 19.6 Å². The summed E-state index contributed by atoms with van der Waals surface area (Å²) in [5.74, 6) is -0.0447. The van der Waals surface area contributed by atoms with Gasteiger partial charge in [-0.2, -0.15) is 10.2 Å². The second-order valence-electron chi connectivity index (χ2n) is 11.6. The lowest BCUT2D eigenvalue weighted by Gasteiger charge is -2.36. The van der Waals surface area contributed by atoms with Crippen molar-refractivity contribution in [1.82, 2.24) is 0 Å². The zero-order valence-corrected chi connectivity index (χ0v) is 26.6. The summed E-state index contributed by atoms with van der Waals surface area (Å²) in [5, 5.41) is 28.1. The molecule has 10 nitrogen and oxygen atoms in total. The van der Waals surface area contributed by atoms with Gasteiger partial charge in [0.15, 0.2) is 17.2 Å². The summed E-state index contributed by atoms with van der Waals surface area (Å²) in [6.45, 7) is 2.98. The van der Waals surface area contributed by atoms with Crippen LogP contribution in [0.15, 0.2) is 113 Å². The van der Waals surface area contributed by atoms with Gasteiger partial charge in [-0.3, -0.25) is 9.59 Å². The van der Waals surface area contributed by atoms with Crippen LogP contribution in [0, 0.1) is 0 Å². The first-order chi connectivity index (χ1) is 23.0. The van der Waals surface area contributed by atoms with Crippen LogP contribution in [0.4, 0.5) is 17.1 Å². The summed E-state index contributed by atoms with van der Waals surface area (Å²) in [4.78, 5) is 37.8. The summed E-state index contributed by atoms with van der Waals surface area (Å²) in [5.41, 5.74) is 4.41. The molecule has 0 aliphatic carbocycles. The number of ketones is 2. The first-order valence-electron chi connectivity index (χ1n) is 15.0. The van der Waals surface area contributed by atoms with Gasteiger partial charge < -0.3 is 24.6 Å². The van der Waals surface area contributed by atoms with E-state index in [0.29, 0.717) is 44.9 Å². The molecule has 0 aromatic heterocycles. The Kier molecular flexibility index (Phi) is 9.34. The van der Waals surface area contributed by atoms with Crippen molar-refractivity contribution in [1.29, 1.82) is 0 Å². The third-order valence-corrected chi connectivity index (χ3v) is 8.10. The quantitative estimate of drug-likeness (QED) is 0.109. The smallest absolute Gasteiger partial charge is 0.340 e. The van der Waals surface area contributed by atoms with Crippen LogP contribution in [0.1, 0.15) is 69.0 Å². The normalized spacial score (nSPS) is 13.1. The Bertz CT molecular complexity index is 2050. The number of phenols is 2. The lowest BCUT2D eigenvalue weighted by molar-refractivity contribution is 0.0224. The van der Waals surface area contributed by atoms with Crippen molar-refractivity contribution in [2.75, 3.05) is 19.0 Å². The van der Waals surface area contributed by atoms with Gasteiger partial charge in [0.25, 0.3) is 0 Å². The van der Waals surface area contributed by atoms with Crippen molar-refractivity contribution in [3.05, 3.63) is 137 Å². The van der Waals surface area contributed by atoms with E-state index in [9.17, 15) is 24.6 Å². The fraction of sp³-hybridized carbons (Fsp3) is 0.154. The summed E-state index contributed by atoms with van der Waals surface area (Å²) < 4.78 is 11.8. The maximum absolute atomic E-state index is 12.8. The second kappa shape index (κ2) is 13.4. The minimum absolute atomic E-state index is 0. The Morgan fingerprint density at radius 1 is 0.653 bits per heavy atom. The summed E-state index contributed by atoms with van der Waals surface area (Å²) in [6, 6.07) is 28.9. The summed E-state index contributed by atoms with van der Waals surface area (Å²) in [7, 11) is 3.99. The van der Waals surface area contributed by atoms with Gasteiger partial charge >= 0.3 is 5.97 Å². The van der Waals surface area contributed by atoms with Crippen molar-refractivity contribution in [2.24, 2.45) is 10.2 Å². The van der Waals surface area contributed by atoms with Crippen LogP contribution in [0.25, 0.3) is 0 Å². The Balaban J connectivity index is 0.000000199. The predicted molar refractivity (Wildman–Crippen MR) is 186 cm³/mol. The molecular formula is C39H35N3O7. The number of hydrogen-bond donors (Lipinski definition) is 2. The van der Waals surface area contributed by atoms with Crippen molar-refractivity contribution in [2.45, 2.75) is 26.9 Å². The Labute approximate surface area is 283 Å². The molecule has 0 saturated carbocycles. The number of carbonyl (C=O) groups excluding carboxylic acids is 3. The zero-order valence-electron chi connectivity index (χ0n) is 26.6.